The van der Waals surface area contributed by atoms with Gasteiger partial charge in [-0.1, -0.05) is 11.6 Å². The third-order valence-electron chi connectivity index (χ3n) is 6.89. The number of benzene rings is 1. The standard InChI is InChI=1S/C21H25ClFN3O2S/c1-25-17(9-18(27)24-13-4-6-28-7-5-13)19-15-10-21(15,11-26(19)20(25)29)14-8-12(22)2-3-16(14)23/h2-3,8,13,15,20,29H,4-7,9-11H2,1H3,(H,24,27)/t15-,20?,21+/m0/s1. The molecule has 1 N–H and O–H groups in total. The van der Waals surface area contributed by atoms with E-state index in [1.54, 1.807) is 12.1 Å². The van der Waals surface area contributed by atoms with Crippen LogP contribution in [0.2, 0.25) is 5.02 Å². The second kappa shape index (κ2) is 7.06. The zero-order valence-electron chi connectivity index (χ0n) is 16.3. The number of rotatable bonds is 4. The first-order valence-corrected chi connectivity index (χ1v) is 11.0. The van der Waals surface area contributed by atoms with Gasteiger partial charge in [-0.15, -0.1) is 12.6 Å². The topological polar surface area (TPSA) is 44.8 Å². The summed E-state index contributed by atoms with van der Waals surface area (Å²) in [5.41, 5.74) is 2.44. The molecule has 4 aliphatic rings. The van der Waals surface area contributed by atoms with Gasteiger partial charge in [-0.2, -0.15) is 0 Å². The molecule has 0 spiro atoms. The highest BCUT2D eigenvalue weighted by Crippen LogP contribution is 2.67. The van der Waals surface area contributed by atoms with Gasteiger partial charge < -0.3 is 19.9 Å². The Morgan fingerprint density at radius 3 is 2.93 bits per heavy atom. The van der Waals surface area contributed by atoms with Crippen molar-refractivity contribution in [3.8, 4) is 0 Å². The molecule has 3 atom stereocenters. The van der Waals surface area contributed by atoms with Crippen molar-refractivity contribution in [1.82, 2.24) is 15.1 Å². The Kier molecular flexibility index (Phi) is 4.76. The van der Waals surface area contributed by atoms with Crippen LogP contribution in [0.15, 0.2) is 29.6 Å². The van der Waals surface area contributed by atoms with Crippen LogP contribution in [0.5, 0.6) is 0 Å². The van der Waals surface area contributed by atoms with Crippen LogP contribution in [-0.4, -0.2) is 54.1 Å². The number of thiol groups is 1. The largest absolute Gasteiger partial charge is 0.381 e. The molecule has 1 aromatic carbocycles. The van der Waals surface area contributed by atoms with Gasteiger partial charge in [-0.05, 0) is 43.0 Å². The normalized spacial score (nSPS) is 31.2. The van der Waals surface area contributed by atoms with E-state index in [1.165, 1.54) is 6.07 Å². The van der Waals surface area contributed by atoms with Crippen LogP contribution in [0.3, 0.4) is 0 Å². The number of nitrogens with zero attached hydrogens (tertiary/aromatic N) is 2. The van der Waals surface area contributed by atoms with Crippen LogP contribution >= 0.6 is 24.2 Å². The number of halogens is 2. The minimum Gasteiger partial charge on any atom is -0.381 e. The van der Waals surface area contributed by atoms with E-state index < -0.39 is 0 Å². The SMILES string of the molecule is CN1C(CC(=O)NC2CCOCC2)=C2[C@@H]3C[C@]3(c3cc(Cl)ccc3F)CN2C1S. The highest BCUT2D eigenvalue weighted by atomic mass is 35.5. The Labute approximate surface area is 180 Å². The minimum atomic E-state index is -0.255. The highest BCUT2D eigenvalue weighted by molar-refractivity contribution is 7.80. The smallest absolute Gasteiger partial charge is 0.226 e. The monoisotopic (exact) mass is 437 g/mol. The van der Waals surface area contributed by atoms with Crippen LogP contribution in [0.4, 0.5) is 4.39 Å². The number of hydrogen-bond acceptors (Lipinski definition) is 5. The Balaban J connectivity index is 1.40. The summed E-state index contributed by atoms with van der Waals surface area (Å²) in [7, 11) is 1.98. The number of ether oxygens (including phenoxy) is 1. The van der Waals surface area contributed by atoms with Gasteiger partial charge in [-0.25, -0.2) is 4.39 Å². The van der Waals surface area contributed by atoms with Crippen molar-refractivity contribution in [3.05, 3.63) is 46.0 Å². The molecule has 0 aromatic heterocycles. The van der Waals surface area contributed by atoms with Gasteiger partial charge in [-0.3, -0.25) is 4.79 Å². The molecule has 29 heavy (non-hydrogen) atoms. The van der Waals surface area contributed by atoms with E-state index in [1.807, 2.05) is 7.05 Å². The number of amides is 1. The van der Waals surface area contributed by atoms with Crippen LogP contribution in [0.25, 0.3) is 0 Å². The first-order chi connectivity index (χ1) is 13.9. The van der Waals surface area contributed by atoms with Crippen molar-refractivity contribution in [2.75, 3.05) is 26.8 Å². The second-order valence-corrected chi connectivity index (χ2v) is 9.48. The predicted octanol–water partition coefficient (Wildman–Crippen LogP) is 3.11. The van der Waals surface area contributed by atoms with E-state index in [0.29, 0.717) is 36.8 Å². The maximum Gasteiger partial charge on any atom is 0.226 e. The summed E-state index contributed by atoms with van der Waals surface area (Å²) in [5, 5.41) is 3.70. The van der Waals surface area contributed by atoms with Gasteiger partial charge in [0.15, 0.2) is 0 Å². The predicted molar refractivity (Wildman–Crippen MR) is 112 cm³/mol. The number of carbonyl (C=O) groups excluding carboxylic acids is 1. The van der Waals surface area contributed by atoms with E-state index in [-0.39, 0.29) is 34.6 Å². The molecule has 0 radical (unpaired) electrons. The summed E-state index contributed by atoms with van der Waals surface area (Å²) in [6.45, 7) is 2.09. The molecule has 2 saturated heterocycles. The van der Waals surface area contributed by atoms with Crippen LogP contribution in [0, 0.1) is 11.7 Å². The second-order valence-electron chi connectivity index (χ2n) is 8.59. The molecule has 1 unspecified atom stereocenters. The number of piperidine rings is 1. The van der Waals surface area contributed by atoms with Crippen LogP contribution in [-0.2, 0) is 14.9 Å². The van der Waals surface area contributed by atoms with E-state index >= 15 is 0 Å². The number of nitrogens with one attached hydrogen (secondary N) is 1. The Hall–Kier alpha value is -1.44. The third kappa shape index (κ3) is 3.13. The molecule has 5 rings (SSSR count). The lowest BCUT2D eigenvalue weighted by Gasteiger charge is -2.29. The number of allylic oxidation sites excluding steroid dienone is 1. The number of hydrogen-bond donors (Lipinski definition) is 2. The van der Waals surface area contributed by atoms with Crippen molar-refractivity contribution in [1.29, 1.82) is 0 Å². The molecule has 1 saturated carbocycles. The molecular weight excluding hydrogens is 413 g/mol. The Bertz CT molecular complexity index is 891. The highest BCUT2D eigenvalue weighted by Gasteiger charge is 2.67. The maximum atomic E-state index is 14.6. The summed E-state index contributed by atoms with van der Waals surface area (Å²) >= 11 is 10.9. The fourth-order valence-electron chi connectivity index (χ4n) is 5.28. The summed E-state index contributed by atoms with van der Waals surface area (Å²) < 4.78 is 20.0. The van der Waals surface area contributed by atoms with Gasteiger partial charge in [0.25, 0.3) is 0 Å². The van der Waals surface area contributed by atoms with E-state index in [0.717, 1.165) is 30.7 Å². The van der Waals surface area contributed by atoms with Crippen molar-refractivity contribution in [3.63, 3.8) is 0 Å². The minimum absolute atomic E-state index is 0.0284. The van der Waals surface area contributed by atoms with E-state index in [9.17, 15) is 9.18 Å². The fourth-order valence-corrected chi connectivity index (χ4v) is 5.80. The van der Waals surface area contributed by atoms with E-state index in [2.05, 4.69) is 15.1 Å². The summed E-state index contributed by atoms with van der Waals surface area (Å²) in [6.07, 6.45) is 2.92. The molecule has 1 aliphatic carbocycles. The molecule has 5 nitrogen and oxygen atoms in total. The Morgan fingerprint density at radius 1 is 1.41 bits per heavy atom. The van der Waals surface area contributed by atoms with Gasteiger partial charge in [0.1, 0.15) is 11.3 Å². The van der Waals surface area contributed by atoms with E-state index in [4.69, 9.17) is 29.0 Å². The van der Waals surface area contributed by atoms with Crippen molar-refractivity contribution < 1.29 is 13.9 Å². The van der Waals surface area contributed by atoms with Gasteiger partial charge in [0.2, 0.25) is 5.91 Å². The lowest BCUT2D eigenvalue weighted by molar-refractivity contribution is -0.122. The molecule has 8 heteroatoms. The first kappa shape index (κ1) is 19.5. The molecular formula is C21H25ClFN3O2S. The van der Waals surface area contributed by atoms with Gasteiger partial charge in [0.05, 0.1) is 6.42 Å². The number of fused-ring (bicyclic) bond motifs is 3. The first-order valence-electron chi connectivity index (χ1n) is 10.1. The summed E-state index contributed by atoms with van der Waals surface area (Å²) in [6, 6.07) is 4.98. The Morgan fingerprint density at radius 2 is 2.17 bits per heavy atom. The van der Waals surface area contributed by atoms with Gasteiger partial charge >= 0.3 is 0 Å². The van der Waals surface area contributed by atoms with Crippen molar-refractivity contribution in [2.24, 2.45) is 5.92 Å². The molecule has 1 amide bonds. The molecule has 3 aliphatic heterocycles. The molecule has 1 aromatic rings. The van der Waals surface area contributed by atoms with Gasteiger partial charge in [0, 0.05) is 60.6 Å². The number of carbonyl (C=O) groups is 1. The lowest BCUT2D eigenvalue weighted by Crippen LogP contribution is -2.40. The van der Waals surface area contributed by atoms with Crippen LogP contribution < -0.4 is 5.32 Å². The summed E-state index contributed by atoms with van der Waals surface area (Å²) in [4.78, 5) is 17.0. The van der Waals surface area contributed by atoms with Crippen molar-refractivity contribution >= 4 is 30.1 Å². The maximum absolute atomic E-state index is 14.6. The zero-order chi connectivity index (χ0) is 20.3. The summed E-state index contributed by atoms with van der Waals surface area (Å²) in [5.74, 6) is 0.0308. The lowest BCUT2D eigenvalue weighted by atomic mass is 9.94. The quantitative estimate of drug-likeness (QED) is 0.710. The average molecular weight is 438 g/mol. The molecule has 0 bridgehead atoms. The average Bonchev–Trinajstić information content (AvgIpc) is 3.26. The van der Waals surface area contributed by atoms with Crippen LogP contribution in [0.1, 0.15) is 31.2 Å². The fraction of sp³-hybridized carbons (Fsp3) is 0.571. The molecule has 156 valence electrons. The van der Waals surface area contributed by atoms with Crippen molar-refractivity contribution in [2.45, 2.75) is 42.6 Å². The zero-order valence-corrected chi connectivity index (χ0v) is 18.0. The molecule has 3 fully saturated rings. The third-order valence-corrected chi connectivity index (χ3v) is 7.75. The molecule has 3 heterocycles.